The van der Waals surface area contributed by atoms with Crippen LogP contribution in [0.3, 0.4) is 0 Å². The van der Waals surface area contributed by atoms with Crippen LogP contribution in [0.4, 0.5) is 0 Å². The summed E-state index contributed by atoms with van der Waals surface area (Å²) >= 11 is 2.93. The highest BCUT2D eigenvalue weighted by atomic mass is 32.2. The van der Waals surface area contributed by atoms with Crippen LogP contribution in [-0.4, -0.2) is 65.3 Å². The molecule has 11 nitrogen and oxygen atoms in total. The van der Waals surface area contributed by atoms with Gasteiger partial charge in [-0.3, -0.25) is 19.8 Å². The number of methoxy groups -OCH3 is 4. The number of nitrogens with zero attached hydrogens (tertiary/aromatic N) is 1. The van der Waals surface area contributed by atoms with Crippen LogP contribution in [0.25, 0.3) is 0 Å². The van der Waals surface area contributed by atoms with Gasteiger partial charge in [-0.15, -0.1) is 23.5 Å². The number of hydrazine groups is 1. The molecule has 2 unspecified atom stereocenters. The average Bonchev–Trinajstić information content (AvgIpc) is 3.16. The number of nitrogens with one attached hydrogen (secondary N) is 2. The molecule has 0 saturated carbocycles. The van der Waals surface area contributed by atoms with E-state index in [0.717, 1.165) is 23.0 Å². The van der Waals surface area contributed by atoms with Gasteiger partial charge < -0.3 is 18.9 Å². The van der Waals surface area contributed by atoms with E-state index in [2.05, 4.69) is 16.0 Å². The van der Waals surface area contributed by atoms with E-state index in [0.29, 0.717) is 28.6 Å². The summed E-state index contributed by atoms with van der Waals surface area (Å²) in [7, 11) is 6.24. The minimum atomic E-state index is -0.297. The van der Waals surface area contributed by atoms with Crippen LogP contribution in [0.5, 0.6) is 23.0 Å². The van der Waals surface area contributed by atoms with Gasteiger partial charge in [0.15, 0.2) is 23.0 Å². The van der Waals surface area contributed by atoms with Gasteiger partial charge in [-0.25, -0.2) is 11.3 Å². The average molecular weight is 707 g/mol. The molecule has 0 aliphatic heterocycles. The van der Waals surface area contributed by atoms with Crippen molar-refractivity contribution in [3.63, 3.8) is 0 Å². The van der Waals surface area contributed by atoms with Crippen molar-refractivity contribution in [3.8, 4) is 23.0 Å². The van der Waals surface area contributed by atoms with Crippen molar-refractivity contribution in [3.05, 3.63) is 119 Å². The Morgan fingerprint density at radius 1 is 0.653 bits per heavy atom. The van der Waals surface area contributed by atoms with Crippen molar-refractivity contribution < 1.29 is 33.3 Å². The third-order valence-corrected chi connectivity index (χ3v) is 8.55. The van der Waals surface area contributed by atoms with E-state index in [1.807, 2.05) is 79.2 Å². The molecule has 0 fully saturated rings. The zero-order chi connectivity index (χ0) is 36.0. The molecular formula is C36H42N4O7S2. The lowest BCUT2D eigenvalue weighted by Gasteiger charge is -2.12. The normalized spacial score (nSPS) is 11.3. The van der Waals surface area contributed by atoms with Gasteiger partial charge in [0.2, 0.25) is 0 Å². The van der Waals surface area contributed by atoms with E-state index in [-0.39, 0.29) is 22.3 Å². The van der Waals surface area contributed by atoms with Crippen molar-refractivity contribution in [1.82, 2.24) is 10.9 Å². The molecule has 0 saturated heterocycles. The Labute approximate surface area is 295 Å². The van der Waals surface area contributed by atoms with Crippen molar-refractivity contribution in [2.24, 2.45) is 10.9 Å². The number of carbonyl (C=O) groups is 3. The summed E-state index contributed by atoms with van der Waals surface area (Å²) in [6.45, 7) is 0. The SMILES string of the molecule is COc1ccc(/C=N/NC(=O)C(SC)c2ccccc2)cc1OC.COc1ccc(C=O)cc1OC.CSC(C(=O)NN)c1ccccc1. The lowest BCUT2D eigenvalue weighted by Crippen LogP contribution is -2.33. The van der Waals surface area contributed by atoms with Crippen LogP contribution in [0.15, 0.2) is 102 Å². The highest BCUT2D eigenvalue weighted by molar-refractivity contribution is 7.99. The molecular weight excluding hydrogens is 665 g/mol. The third-order valence-electron chi connectivity index (χ3n) is 6.63. The molecule has 0 aliphatic carbocycles. The second-order valence-electron chi connectivity index (χ2n) is 9.64. The third kappa shape index (κ3) is 12.9. The number of carbonyl (C=O) groups excluding carboxylic acids is 3. The summed E-state index contributed by atoms with van der Waals surface area (Å²) < 4.78 is 20.4. The van der Waals surface area contributed by atoms with Gasteiger partial charge in [0.05, 0.1) is 34.7 Å². The molecule has 0 heterocycles. The molecule has 0 bridgehead atoms. The topological polar surface area (TPSA) is 151 Å². The van der Waals surface area contributed by atoms with Gasteiger partial charge >= 0.3 is 0 Å². The number of ether oxygens (including phenoxy) is 4. The Morgan fingerprint density at radius 2 is 1.08 bits per heavy atom. The number of nitrogens with two attached hydrogens (primary N) is 1. The first-order chi connectivity index (χ1) is 23.8. The van der Waals surface area contributed by atoms with Crippen molar-refractivity contribution in [2.45, 2.75) is 10.5 Å². The van der Waals surface area contributed by atoms with Crippen LogP contribution < -0.4 is 35.6 Å². The summed E-state index contributed by atoms with van der Waals surface area (Å²) in [5.74, 6) is 7.20. The smallest absolute Gasteiger partial charge is 0.257 e. The lowest BCUT2D eigenvalue weighted by atomic mass is 10.1. The van der Waals surface area contributed by atoms with Crippen LogP contribution in [0, 0.1) is 0 Å². The van der Waals surface area contributed by atoms with Gasteiger partial charge in [-0.2, -0.15) is 5.10 Å². The van der Waals surface area contributed by atoms with E-state index in [4.69, 9.17) is 24.8 Å². The fraction of sp³-hybridized carbons (Fsp3) is 0.222. The van der Waals surface area contributed by atoms with Gasteiger partial charge in [-0.05, 0) is 65.6 Å². The molecule has 4 N–H and O–H groups in total. The van der Waals surface area contributed by atoms with E-state index < -0.39 is 0 Å². The fourth-order valence-corrected chi connectivity index (χ4v) is 5.62. The summed E-state index contributed by atoms with van der Waals surface area (Å²) in [6.07, 6.45) is 6.12. The Kier molecular flexibility index (Phi) is 18.5. The maximum atomic E-state index is 12.3. The number of aldehydes is 1. The van der Waals surface area contributed by atoms with E-state index in [1.54, 1.807) is 57.9 Å². The number of rotatable bonds is 13. The minimum Gasteiger partial charge on any atom is -0.493 e. The van der Waals surface area contributed by atoms with Crippen molar-refractivity contribution >= 4 is 47.8 Å². The summed E-state index contributed by atoms with van der Waals surface area (Å²) in [4.78, 5) is 34.0. The lowest BCUT2D eigenvalue weighted by molar-refractivity contribution is -0.121. The Morgan fingerprint density at radius 3 is 1.49 bits per heavy atom. The highest BCUT2D eigenvalue weighted by Gasteiger charge is 2.19. The molecule has 2 amide bonds. The minimum absolute atomic E-state index is 0.162. The molecule has 0 aliphatic rings. The molecule has 260 valence electrons. The van der Waals surface area contributed by atoms with Crippen molar-refractivity contribution in [2.75, 3.05) is 41.0 Å². The van der Waals surface area contributed by atoms with E-state index in [1.165, 1.54) is 30.6 Å². The first-order valence-electron chi connectivity index (χ1n) is 14.7. The number of hydrogen-bond acceptors (Lipinski definition) is 11. The van der Waals surface area contributed by atoms with Crippen molar-refractivity contribution in [1.29, 1.82) is 0 Å². The van der Waals surface area contributed by atoms with E-state index in [9.17, 15) is 14.4 Å². The number of hydrogen-bond donors (Lipinski definition) is 3. The number of hydrazone groups is 1. The van der Waals surface area contributed by atoms with Gasteiger partial charge in [0, 0.05) is 5.56 Å². The fourth-order valence-electron chi connectivity index (χ4n) is 4.21. The first kappa shape index (κ1) is 40.2. The quantitative estimate of drug-likeness (QED) is 0.0508. The summed E-state index contributed by atoms with van der Waals surface area (Å²) in [5, 5.41) is 3.52. The maximum Gasteiger partial charge on any atom is 0.257 e. The van der Waals surface area contributed by atoms with Crippen LogP contribution in [0.2, 0.25) is 0 Å². The summed E-state index contributed by atoms with van der Waals surface area (Å²) in [6, 6.07) is 29.6. The molecule has 4 aromatic rings. The predicted molar refractivity (Wildman–Crippen MR) is 198 cm³/mol. The molecule has 49 heavy (non-hydrogen) atoms. The molecule has 13 heteroatoms. The molecule has 0 spiro atoms. The second-order valence-corrected chi connectivity index (χ2v) is 11.5. The van der Waals surface area contributed by atoms with Crippen LogP contribution >= 0.6 is 23.5 Å². The highest BCUT2D eigenvalue weighted by Crippen LogP contribution is 2.29. The van der Waals surface area contributed by atoms with Gasteiger partial charge in [0.25, 0.3) is 11.8 Å². The monoisotopic (exact) mass is 706 g/mol. The molecule has 0 aromatic heterocycles. The van der Waals surface area contributed by atoms with Crippen LogP contribution in [0.1, 0.15) is 37.5 Å². The number of amides is 2. The zero-order valence-corrected chi connectivity index (χ0v) is 29.9. The Hall–Kier alpha value is -4.98. The molecule has 2 atom stereocenters. The van der Waals surface area contributed by atoms with Gasteiger partial charge in [0.1, 0.15) is 16.8 Å². The standard InChI is InChI=1S/C18H20N2O3S.C9H12N2OS.C9H10O3/c1-22-15-10-9-13(11-16(15)23-2)12-19-20-18(21)17(24-3)14-7-5-4-6-8-14;1-13-8(9(12)11-10)7-5-3-2-4-6-7;1-11-8-4-3-7(6-10)5-9(8)12-2/h4-12,17H,1-3H3,(H,20,21);2-6,8H,10H2,1H3,(H,11,12);3-6H,1-2H3/b19-12+;;. The first-order valence-corrected chi connectivity index (χ1v) is 17.3. The zero-order valence-electron chi connectivity index (χ0n) is 28.2. The summed E-state index contributed by atoms with van der Waals surface area (Å²) in [5.41, 5.74) is 8.03. The Bertz CT molecular complexity index is 1630. The number of benzene rings is 4. The van der Waals surface area contributed by atoms with Gasteiger partial charge in [-0.1, -0.05) is 60.7 Å². The number of thioether (sulfide) groups is 2. The second kappa shape index (κ2) is 22.6. The molecule has 0 radical (unpaired) electrons. The predicted octanol–water partition coefficient (Wildman–Crippen LogP) is 5.86. The maximum absolute atomic E-state index is 12.3. The van der Waals surface area contributed by atoms with Crippen LogP contribution in [-0.2, 0) is 9.59 Å². The molecule has 4 aromatic carbocycles. The van der Waals surface area contributed by atoms with E-state index >= 15 is 0 Å². The molecule has 4 rings (SSSR count). The Balaban J connectivity index is 0.000000281. The largest absolute Gasteiger partial charge is 0.493 e.